The fourth-order valence-corrected chi connectivity index (χ4v) is 5.95. The summed E-state index contributed by atoms with van der Waals surface area (Å²) in [4.78, 5) is 30.1. The van der Waals surface area contributed by atoms with Crippen molar-refractivity contribution in [2.75, 3.05) is 20.3 Å². The van der Waals surface area contributed by atoms with E-state index in [1.165, 1.54) is 19.2 Å². The van der Waals surface area contributed by atoms with Crippen LogP contribution in [0.1, 0.15) is 89.8 Å². The zero-order valence-electron chi connectivity index (χ0n) is 29.6. The second-order valence-electron chi connectivity index (χ2n) is 14.1. The molecule has 10 nitrogen and oxygen atoms in total. The van der Waals surface area contributed by atoms with E-state index in [4.69, 9.17) is 23.9 Å². The first-order valence-corrected chi connectivity index (χ1v) is 17.4. The zero-order chi connectivity index (χ0) is 36.3. The van der Waals surface area contributed by atoms with Crippen LogP contribution in [0.4, 0.5) is 4.39 Å². The molecule has 2 N–H and O–H groups in total. The molecule has 0 bridgehead atoms. The Bertz CT molecular complexity index is 1700. The number of ketones is 1. The van der Waals surface area contributed by atoms with Crippen molar-refractivity contribution < 1.29 is 42.2 Å². The second kappa shape index (κ2) is 14.9. The van der Waals surface area contributed by atoms with Crippen LogP contribution in [0.15, 0.2) is 48.5 Å². The normalized spacial score (nSPS) is 18.2. The van der Waals surface area contributed by atoms with Gasteiger partial charge in [-0.1, -0.05) is 13.8 Å². The molecule has 49 heavy (non-hydrogen) atoms. The van der Waals surface area contributed by atoms with E-state index in [9.17, 15) is 23.3 Å². The fourth-order valence-electron chi connectivity index (χ4n) is 5.07. The number of carbonyl (C=O) groups excluding carboxylic acids is 2. The van der Waals surface area contributed by atoms with E-state index in [2.05, 4.69) is 4.72 Å². The van der Waals surface area contributed by atoms with Gasteiger partial charge in [0, 0.05) is 23.1 Å². The molecule has 1 aliphatic rings. The highest BCUT2D eigenvalue weighted by molar-refractivity contribution is 7.84. The van der Waals surface area contributed by atoms with Gasteiger partial charge in [0.1, 0.15) is 36.4 Å². The van der Waals surface area contributed by atoms with Crippen LogP contribution in [0.2, 0.25) is 0 Å². The number of aliphatic hydroxyl groups is 1. The van der Waals surface area contributed by atoms with E-state index in [-0.39, 0.29) is 49.4 Å². The van der Waals surface area contributed by atoms with Crippen LogP contribution in [0.25, 0.3) is 11.3 Å². The summed E-state index contributed by atoms with van der Waals surface area (Å²) in [6.45, 7) is 14.5. The number of rotatable bonds is 14. The van der Waals surface area contributed by atoms with Crippen molar-refractivity contribution in [1.82, 2.24) is 9.71 Å². The Morgan fingerprint density at radius 1 is 1.08 bits per heavy atom. The molecule has 4 atom stereocenters. The molecule has 0 saturated carbocycles. The van der Waals surface area contributed by atoms with Crippen LogP contribution in [-0.2, 0) is 31.7 Å². The highest BCUT2D eigenvalue weighted by Gasteiger charge is 2.43. The first-order valence-electron chi connectivity index (χ1n) is 16.3. The van der Waals surface area contributed by atoms with Gasteiger partial charge in [-0.2, -0.15) is 0 Å². The number of methoxy groups -OCH3 is 1. The van der Waals surface area contributed by atoms with Gasteiger partial charge in [-0.25, -0.2) is 18.3 Å². The minimum atomic E-state index is -1.57. The maximum absolute atomic E-state index is 13.8. The minimum absolute atomic E-state index is 0.0246. The summed E-state index contributed by atoms with van der Waals surface area (Å²) in [6, 6.07) is 12.3. The van der Waals surface area contributed by atoms with E-state index in [0.29, 0.717) is 39.6 Å². The molecule has 0 amide bonds. The molecule has 0 spiro atoms. The Hall–Kier alpha value is -3.87. The molecule has 266 valence electrons. The number of hydrogen-bond acceptors (Lipinski definition) is 9. The number of ether oxygens (including phenoxy) is 4. The molecule has 0 aliphatic carbocycles. The quantitative estimate of drug-likeness (QED) is 0.145. The Balaban J connectivity index is 1.57. The third-order valence-corrected chi connectivity index (χ3v) is 9.95. The highest BCUT2D eigenvalue weighted by Crippen LogP contribution is 2.45. The molecule has 4 rings (SSSR count). The molecule has 2 heterocycles. The molecular weight excluding hydrogens is 651 g/mol. The number of halogens is 1. The Morgan fingerprint density at radius 3 is 2.37 bits per heavy atom. The number of benzene rings is 2. The molecule has 2 aromatic carbocycles. The third kappa shape index (κ3) is 9.03. The fraction of sp³-hybridized carbons (Fsp3) is 0.486. The van der Waals surface area contributed by atoms with Crippen molar-refractivity contribution >= 4 is 22.7 Å². The van der Waals surface area contributed by atoms with E-state index in [1.54, 1.807) is 64.1 Å². The summed E-state index contributed by atoms with van der Waals surface area (Å²) in [6.07, 6.45) is -0.484. The van der Waals surface area contributed by atoms with Crippen LogP contribution in [0.3, 0.4) is 0 Å². The van der Waals surface area contributed by atoms with Gasteiger partial charge in [0.15, 0.2) is 23.0 Å². The number of nitrogens with zero attached hydrogens (tertiary/aromatic N) is 1. The maximum Gasteiger partial charge on any atom is 0.308 e. The zero-order valence-corrected chi connectivity index (χ0v) is 30.5. The largest absolute Gasteiger partial charge is 0.493 e. The molecule has 1 aliphatic heterocycles. The SMILES string of the molecule is COc1cc(C(=O)CCC(C)(O)c2cc3c(c(-c4ccc(F)cc4)n2)OCC3(C)NS(=O)C(C)(C)C)ccc1OCC(C)OC(=O)C(C)C. The van der Waals surface area contributed by atoms with E-state index < -0.39 is 38.8 Å². The average molecular weight is 699 g/mol. The van der Waals surface area contributed by atoms with Gasteiger partial charge in [-0.05, 0) is 96.5 Å². The van der Waals surface area contributed by atoms with Gasteiger partial charge >= 0.3 is 5.97 Å². The van der Waals surface area contributed by atoms with Gasteiger partial charge in [0.25, 0.3) is 0 Å². The van der Waals surface area contributed by atoms with Gasteiger partial charge < -0.3 is 24.1 Å². The summed E-state index contributed by atoms with van der Waals surface area (Å²) < 4.78 is 52.4. The van der Waals surface area contributed by atoms with Crippen LogP contribution in [-0.4, -0.2) is 57.2 Å². The molecule has 4 unspecified atom stereocenters. The molecule has 1 aromatic heterocycles. The second-order valence-corrected chi connectivity index (χ2v) is 16.1. The lowest BCUT2D eigenvalue weighted by Crippen LogP contribution is -2.47. The lowest BCUT2D eigenvalue weighted by Gasteiger charge is -2.30. The van der Waals surface area contributed by atoms with Crippen molar-refractivity contribution in [3.63, 3.8) is 0 Å². The van der Waals surface area contributed by atoms with Crippen LogP contribution >= 0.6 is 0 Å². The average Bonchev–Trinajstić information content (AvgIpc) is 3.37. The first kappa shape index (κ1) is 37.9. The monoisotopic (exact) mass is 698 g/mol. The number of hydrogen-bond donors (Lipinski definition) is 2. The summed E-state index contributed by atoms with van der Waals surface area (Å²) in [5, 5.41) is 11.8. The lowest BCUT2D eigenvalue weighted by atomic mass is 9.88. The Labute approximate surface area is 290 Å². The van der Waals surface area contributed by atoms with Crippen molar-refractivity contribution in [3.8, 4) is 28.5 Å². The van der Waals surface area contributed by atoms with Gasteiger partial charge in [-0.15, -0.1) is 0 Å². The highest BCUT2D eigenvalue weighted by atomic mass is 32.2. The van der Waals surface area contributed by atoms with Crippen molar-refractivity contribution in [1.29, 1.82) is 0 Å². The van der Waals surface area contributed by atoms with E-state index in [0.717, 1.165) is 0 Å². The smallest absolute Gasteiger partial charge is 0.308 e. The summed E-state index contributed by atoms with van der Waals surface area (Å²) in [7, 11) is 0.0177. The molecule has 12 heteroatoms. The Kier molecular flexibility index (Phi) is 11.6. The molecule has 0 saturated heterocycles. The van der Waals surface area contributed by atoms with Crippen LogP contribution in [0, 0.1) is 11.7 Å². The standard InChI is InChI=1S/C37H47FN2O8S/c1-22(2)34(42)48-23(3)20-46-29-15-12-25(18-30(29)45-9)28(41)16-17-37(8,43)31-19-27-33(32(39-31)24-10-13-26(38)14-11-24)47-21-36(27,7)40-49(44)35(4,5)6/h10-15,18-19,22-23,40,43H,16-17,20-21H2,1-9H3. The van der Waals surface area contributed by atoms with Gasteiger partial charge in [-0.3, -0.25) is 9.59 Å². The van der Waals surface area contributed by atoms with Crippen molar-refractivity contribution in [2.45, 2.75) is 90.2 Å². The van der Waals surface area contributed by atoms with Gasteiger partial charge in [0.2, 0.25) is 0 Å². The van der Waals surface area contributed by atoms with Crippen LogP contribution < -0.4 is 18.9 Å². The summed E-state index contributed by atoms with van der Waals surface area (Å²) in [5.41, 5.74) is -0.179. The van der Waals surface area contributed by atoms with Gasteiger partial charge in [0.05, 0.1) is 40.0 Å². The number of esters is 1. The van der Waals surface area contributed by atoms with E-state index in [1.807, 2.05) is 27.7 Å². The Morgan fingerprint density at radius 2 is 1.76 bits per heavy atom. The topological polar surface area (TPSA) is 133 Å². The van der Waals surface area contributed by atoms with Crippen LogP contribution in [0.5, 0.6) is 17.2 Å². The molecule has 3 aromatic rings. The van der Waals surface area contributed by atoms with E-state index >= 15 is 0 Å². The number of Topliss-reactive ketones (excluding diaryl/α,β-unsaturated/α-hetero) is 1. The number of carbonyl (C=O) groups is 2. The number of aromatic nitrogens is 1. The summed E-state index contributed by atoms with van der Waals surface area (Å²) in [5.74, 6) is -0.0469. The first-order chi connectivity index (χ1) is 22.8. The number of nitrogens with one attached hydrogen (secondary N) is 1. The predicted octanol–water partition coefficient (Wildman–Crippen LogP) is 6.39. The van der Waals surface area contributed by atoms with Crippen molar-refractivity contribution in [2.24, 2.45) is 5.92 Å². The molecule has 0 fully saturated rings. The lowest BCUT2D eigenvalue weighted by molar-refractivity contribution is -0.153. The third-order valence-electron chi connectivity index (χ3n) is 8.20. The van der Waals surface area contributed by atoms with Crippen molar-refractivity contribution in [3.05, 3.63) is 71.2 Å². The number of fused-ring (bicyclic) bond motifs is 1. The molecular formula is C37H47FN2O8S. The molecule has 0 radical (unpaired) electrons. The predicted molar refractivity (Wildman–Crippen MR) is 186 cm³/mol. The summed E-state index contributed by atoms with van der Waals surface area (Å²) >= 11 is 0. The minimum Gasteiger partial charge on any atom is -0.493 e. The number of pyridine rings is 1. The maximum atomic E-state index is 13.8.